The monoisotopic (exact) mass is 328 g/mol. The van der Waals surface area contributed by atoms with Crippen molar-refractivity contribution in [3.05, 3.63) is 54.1 Å². The van der Waals surface area contributed by atoms with Crippen molar-refractivity contribution in [2.24, 2.45) is 0 Å². The molecule has 0 aliphatic rings. The molecule has 6 heteroatoms. The van der Waals surface area contributed by atoms with Gasteiger partial charge in [0.05, 0.1) is 14.2 Å². The zero-order chi connectivity index (χ0) is 16.1. The highest BCUT2D eigenvalue weighted by Gasteiger charge is 2.12. The van der Waals surface area contributed by atoms with E-state index in [1.165, 1.54) is 17.3 Å². The van der Waals surface area contributed by atoms with Crippen molar-refractivity contribution in [3.8, 4) is 23.0 Å². The maximum atomic E-state index is 5.71. The van der Waals surface area contributed by atoms with Gasteiger partial charge in [-0.25, -0.2) is 0 Å². The predicted molar refractivity (Wildman–Crippen MR) is 88.8 cm³/mol. The molecule has 23 heavy (non-hydrogen) atoms. The van der Waals surface area contributed by atoms with E-state index in [4.69, 9.17) is 13.9 Å². The normalized spacial score (nSPS) is 10.5. The molecular formula is C17H16N2O3S. The van der Waals surface area contributed by atoms with Gasteiger partial charge in [-0.15, -0.1) is 10.2 Å². The third-order valence-corrected chi connectivity index (χ3v) is 4.13. The highest BCUT2D eigenvalue weighted by Crippen LogP contribution is 2.33. The minimum Gasteiger partial charge on any atom is -0.493 e. The lowest BCUT2D eigenvalue weighted by molar-refractivity contribution is 0.355. The van der Waals surface area contributed by atoms with Gasteiger partial charge < -0.3 is 13.9 Å². The van der Waals surface area contributed by atoms with E-state index in [1.807, 2.05) is 36.4 Å². The Labute approximate surface area is 138 Å². The summed E-state index contributed by atoms with van der Waals surface area (Å²) in [6, 6.07) is 15.7. The average Bonchev–Trinajstić information content (AvgIpc) is 3.09. The minimum absolute atomic E-state index is 0.460. The highest BCUT2D eigenvalue weighted by atomic mass is 32.2. The summed E-state index contributed by atoms with van der Waals surface area (Å²) >= 11 is 1.51. The Morgan fingerprint density at radius 2 is 1.74 bits per heavy atom. The lowest BCUT2D eigenvalue weighted by Crippen LogP contribution is -1.90. The molecule has 0 aliphatic carbocycles. The molecule has 3 aromatic rings. The van der Waals surface area contributed by atoms with Gasteiger partial charge in [-0.2, -0.15) is 0 Å². The zero-order valence-electron chi connectivity index (χ0n) is 12.9. The Morgan fingerprint density at radius 1 is 0.957 bits per heavy atom. The van der Waals surface area contributed by atoms with E-state index in [9.17, 15) is 0 Å². The molecule has 0 atom stereocenters. The van der Waals surface area contributed by atoms with Crippen molar-refractivity contribution in [1.82, 2.24) is 10.2 Å². The highest BCUT2D eigenvalue weighted by molar-refractivity contribution is 7.98. The van der Waals surface area contributed by atoms with Gasteiger partial charge in [-0.05, 0) is 23.8 Å². The molecule has 0 bridgehead atoms. The second-order valence-corrected chi connectivity index (χ2v) is 5.64. The number of methoxy groups -OCH3 is 2. The fourth-order valence-corrected chi connectivity index (χ4v) is 2.79. The molecule has 118 valence electrons. The van der Waals surface area contributed by atoms with Crippen LogP contribution in [0.5, 0.6) is 11.5 Å². The van der Waals surface area contributed by atoms with Crippen LogP contribution in [0.25, 0.3) is 11.5 Å². The third-order valence-electron chi connectivity index (χ3n) is 3.24. The summed E-state index contributed by atoms with van der Waals surface area (Å²) in [7, 11) is 3.19. The molecule has 0 amide bonds. The lowest BCUT2D eigenvalue weighted by atomic mass is 10.2. The second-order valence-electron chi connectivity index (χ2n) is 4.72. The molecule has 0 fully saturated rings. The lowest BCUT2D eigenvalue weighted by Gasteiger charge is -2.07. The summed E-state index contributed by atoms with van der Waals surface area (Å²) in [5.74, 6) is 2.53. The first-order valence-electron chi connectivity index (χ1n) is 7.03. The molecule has 2 aromatic carbocycles. The van der Waals surface area contributed by atoms with Gasteiger partial charge in [0.1, 0.15) is 0 Å². The number of aromatic nitrogens is 2. The second kappa shape index (κ2) is 7.19. The fourth-order valence-electron chi connectivity index (χ4n) is 2.07. The van der Waals surface area contributed by atoms with E-state index in [-0.39, 0.29) is 0 Å². The van der Waals surface area contributed by atoms with E-state index in [0.29, 0.717) is 22.6 Å². The van der Waals surface area contributed by atoms with Gasteiger partial charge in [-0.1, -0.05) is 42.1 Å². The van der Waals surface area contributed by atoms with Crippen LogP contribution in [0.2, 0.25) is 0 Å². The van der Waals surface area contributed by atoms with E-state index in [0.717, 1.165) is 11.3 Å². The number of ether oxygens (including phenoxy) is 2. The predicted octanol–water partition coefficient (Wildman–Crippen LogP) is 4.05. The van der Waals surface area contributed by atoms with Crippen molar-refractivity contribution in [3.63, 3.8) is 0 Å². The Bertz CT molecular complexity index is 775. The standard InChI is InChI=1S/C17H16N2O3S/c1-20-14-9-8-13(10-15(14)21-2)16-18-19-17(22-16)23-11-12-6-4-3-5-7-12/h3-10H,11H2,1-2H3. The molecule has 0 unspecified atom stereocenters. The van der Waals surface area contributed by atoms with Crippen LogP contribution in [0.1, 0.15) is 5.56 Å². The van der Waals surface area contributed by atoms with E-state index in [2.05, 4.69) is 22.3 Å². The maximum absolute atomic E-state index is 5.71. The van der Waals surface area contributed by atoms with E-state index < -0.39 is 0 Å². The molecular weight excluding hydrogens is 312 g/mol. The number of benzene rings is 2. The minimum atomic E-state index is 0.460. The summed E-state index contributed by atoms with van der Waals surface area (Å²) < 4.78 is 16.2. The Balaban J connectivity index is 1.74. The van der Waals surface area contributed by atoms with Gasteiger partial charge in [0.15, 0.2) is 11.5 Å². The summed E-state index contributed by atoms with van der Waals surface area (Å²) in [6.07, 6.45) is 0. The SMILES string of the molecule is COc1ccc(-c2nnc(SCc3ccccc3)o2)cc1OC. The topological polar surface area (TPSA) is 57.4 Å². The maximum Gasteiger partial charge on any atom is 0.277 e. The Kier molecular flexibility index (Phi) is 4.83. The molecule has 1 aromatic heterocycles. The summed E-state index contributed by atoms with van der Waals surface area (Å²) in [5, 5.41) is 8.72. The largest absolute Gasteiger partial charge is 0.493 e. The van der Waals surface area contributed by atoms with Crippen LogP contribution in [0.15, 0.2) is 58.2 Å². The third kappa shape index (κ3) is 3.65. The summed E-state index contributed by atoms with van der Waals surface area (Å²) in [5.41, 5.74) is 2.00. The fraction of sp³-hybridized carbons (Fsp3) is 0.176. The van der Waals surface area contributed by atoms with Crippen LogP contribution < -0.4 is 9.47 Å². The summed E-state index contributed by atoms with van der Waals surface area (Å²) in [4.78, 5) is 0. The first-order valence-corrected chi connectivity index (χ1v) is 8.01. The van der Waals surface area contributed by atoms with E-state index >= 15 is 0 Å². The number of rotatable bonds is 6. The zero-order valence-corrected chi connectivity index (χ0v) is 13.7. The van der Waals surface area contributed by atoms with E-state index in [1.54, 1.807) is 14.2 Å². The molecule has 1 heterocycles. The van der Waals surface area contributed by atoms with Crippen LogP contribution in [0.3, 0.4) is 0 Å². The molecule has 0 spiro atoms. The number of nitrogens with zero attached hydrogens (tertiary/aromatic N) is 2. The van der Waals surface area contributed by atoms with Crippen LogP contribution in [-0.4, -0.2) is 24.4 Å². The molecule has 0 saturated carbocycles. The first-order chi connectivity index (χ1) is 11.3. The van der Waals surface area contributed by atoms with Crippen LogP contribution in [0.4, 0.5) is 0 Å². The van der Waals surface area contributed by atoms with Crippen molar-refractivity contribution >= 4 is 11.8 Å². The van der Waals surface area contributed by atoms with Gasteiger partial charge in [0.2, 0.25) is 5.89 Å². The van der Waals surface area contributed by atoms with Crippen molar-refractivity contribution in [2.45, 2.75) is 11.0 Å². The van der Waals surface area contributed by atoms with Crippen LogP contribution in [0, 0.1) is 0 Å². The van der Waals surface area contributed by atoms with Gasteiger partial charge in [0, 0.05) is 11.3 Å². The van der Waals surface area contributed by atoms with Crippen molar-refractivity contribution in [2.75, 3.05) is 14.2 Å². The number of thioether (sulfide) groups is 1. The molecule has 0 aliphatic heterocycles. The Hall–Kier alpha value is -2.47. The quantitative estimate of drug-likeness (QED) is 0.636. The van der Waals surface area contributed by atoms with Gasteiger partial charge in [0.25, 0.3) is 5.22 Å². The van der Waals surface area contributed by atoms with Crippen LogP contribution >= 0.6 is 11.8 Å². The molecule has 3 rings (SSSR count). The molecule has 0 radical (unpaired) electrons. The molecule has 0 saturated heterocycles. The molecule has 0 N–H and O–H groups in total. The number of hydrogen-bond acceptors (Lipinski definition) is 6. The molecule has 5 nitrogen and oxygen atoms in total. The Morgan fingerprint density at radius 3 is 2.48 bits per heavy atom. The first kappa shape index (κ1) is 15.4. The van der Waals surface area contributed by atoms with Gasteiger partial charge >= 0.3 is 0 Å². The van der Waals surface area contributed by atoms with Crippen LogP contribution in [-0.2, 0) is 5.75 Å². The number of hydrogen-bond donors (Lipinski definition) is 0. The smallest absolute Gasteiger partial charge is 0.277 e. The summed E-state index contributed by atoms with van der Waals surface area (Å²) in [6.45, 7) is 0. The van der Waals surface area contributed by atoms with Gasteiger partial charge in [-0.3, -0.25) is 0 Å². The van der Waals surface area contributed by atoms with Crippen molar-refractivity contribution < 1.29 is 13.9 Å². The average molecular weight is 328 g/mol. The van der Waals surface area contributed by atoms with Crippen molar-refractivity contribution in [1.29, 1.82) is 0 Å².